The summed E-state index contributed by atoms with van der Waals surface area (Å²) in [7, 11) is 1.58. The molecule has 104 valence electrons. The Balaban J connectivity index is 2.05. The van der Waals surface area contributed by atoms with Gasteiger partial charge in [0.1, 0.15) is 16.8 Å². The molecular weight excluding hydrogens is 270 g/mol. The first kappa shape index (κ1) is 14.5. The number of nitrogens with zero attached hydrogens (tertiary/aromatic N) is 2. The summed E-state index contributed by atoms with van der Waals surface area (Å²) >= 11 is 1.66. The molecule has 2 rings (SSSR count). The summed E-state index contributed by atoms with van der Waals surface area (Å²) in [5.74, 6) is 0.620. The van der Waals surface area contributed by atoms with Crippen molar-refractivity contribution in [2.24, 2.45) is 0 Å². The van der Waals surface area contributed by atoms with E-state index in [4.69, 9.17) is 10.00 Å². The number of methoxy groups -OCH3 is 1. The highest BCUT2D eigenvalue weighted by atomic mass is 32.1. The van der Waals surface area contributed by atoms with Crippen LogP contribution < -0.4 is 10.1 Å². The van der Waals surface area contributed by atoms with E-state index in [2.05, 4.69) is 23.3 Å². The van der Waals surface area contributed by atoms with Crippen molar-refractivity contribution in [3.8, 4) is 11.8 Å². The molecule has 1 unspecified atom stereocenters. The summed E-state index contributed by atoms with van der Waals surface area (Å²) in [5, 5.41) is 15.6. The fraction of sp³-hybridized carbons (Fsp3) is 0.333. The van der Waals surface area contributed by atoms with Gasteiger partial charge in [0.2, 0.25) is 0 Å². The zero-order valence-electron chi connectivity index (χ0n) is 11.6. The monoisotopic (exact) mass is 287 g/mol. The maximum absolute atomic E-state index is 8.97. The van der Waals surface area contributed by atoms with E-state index >= 15 is 0 Å². The van der Waals surface area contributed by atoms with Crippen LogP contribution in [0.25, 0.3) is 0 Å². The molecule has 0 radical (unpaired) electrons. The maximum atomic E-state index is 8.97. The van der Waals surface area contributed by atoms with E-state index in [1.165, 1.54) is 0 Å². The van der Waals surface area contributed by atoms with Crippen LogP contribution in [-0.4, -0.2) is 12.1 Å². The van der Waals surface area contributed by atoms with Crippen LogP contribution >= 0.6 is 11.3 Å². The fourth-order valence-corrected chi connectivity index (χ4v) is 2.79. The van der Waals surface area contributed by atoms with Crippen molar-refractivity contribution < 1.29 is 4.74 Å². The number of rotatable bonds is 6. The van der Waals surface area contributed by atoms with Crippen LogP contribution in [0.2, 0.25) is 0 Å². The van der Waals surface area contributed by atoms with Gasteiger partial charge in [0, 0.05) is 18.1 Å². The molecule has 0 amide bonds. The number of aromatic nitrogens is 1. The molecule has 5 heteroatoms. The average molecular weight is 287 g/mol. The van der Waals surface area contributed by atoms with E-state index in [9.17, 15) is 0 Å². The van der Waals surface area contributed by atoms with Gasteiger partial charge < -0.3 is 10.1 Å². The van der Waals surface area contributed by atoms with Gasteiger partial charge in [-0.05, 0) is 24.1 Å². The first-order valence-electron chi connectivity index (χ1n) is 6.48. The van der Waals surface area contributed by atoms with Crippen LogP contribution in [0.4, 0.5) is 0 Å². The fourth-order valence-electron chi connectivity index (χ4n) is 1.99. The van der Waals surface area contributed by atoms with Crippen LogP contribution in [0.5, 0.6) is 5.75 Å². The Morgan fingerprint density at radius 2 is 2.35 bits per heavy atom. The molecule has 0 aliphatic carbocycles. The highest BCUT2D eigenvalue weighted by Gasteiger charge is 2.11. The van der Waals surface area contributed by atoms with Crippen molar-refractivity contribution in [1.82, 2.24) is 10.3 Å². The summed E-state index contributed by atoms with van der Waals surface area (Å²) in [4.78, 5) is 4.35. The summed E-state index contributed by atoms with van der Waals surface area (Å²) < 4.78 is 5.22. The second-order valence-corrected chi connectivity index (χ2v) is 5.28. The highest BCUT2D eigenvalue weighted by Crippen LogP contribution is 2.22. The summed E-state index contributed by atoms with van der Waals surface area (Å²) in [6.45, 7) is 2.86. The van der Waals surface area contributed by atoms with Gasteiger partial charge in [0.05, 0.1) is 18.7 Å². The highest BCUT2D eigenvalue weighted by molar-refractivity contribution is 7.09. The predicted molar refractivity (Wildman–Crippen MR) is 79.7 cm³/mol. The third-order valence-electron chi connectivity index (χ3n) is 3.10. The Morgan fingerprint density at radius 3 is 2.95 bits per heavy atom. The van der Waals surface area contributed by atoms with Gasteiger partial charge in [-0.3, -0.25) is 0 Å². The van der Waals surface area contributed by atoms with Crippen molar-refractivity contribution in [1.29, 1.82) is 5.26 Å². The van der Waals surface area contributed by atoms with Crippen LogP contribution in [0, 0.1) is 11.3 Å². The Hall–Kier alpha value is -1.90. The molecule has 1 aromatic heterocycles. The maximum Gasteiger partial charge on any atom is 0.136 e. The van der Waals surface area contributed by atoms with Crippen molar-refractivity contribution in [2.75, 3.05) is 7.11 Å². The van der Waals surface area contributed by atoms with Crippen molar-refractivity contribution in [3.63, 3.8) is 0 Å². The van der Waals surface area contributed by atoms with E-state index in [0.717, 1.165) is 23.5 Å². The van der Waals surface area contributed by atoms with E-state index in [1.54, 1.807) is 24.5 Å². The average Bonchev–Trinajstić information content (AvgIpc) is 3.02. The second kappa shape index (κ2) is 7.04. The quantitative estimate of drug-likeness (QED) is 0.886. The number of benzene rings is 1. The van der Waals surface area contributed by atoms with Crippen LogP contribution in [0.3, 0.4) is 0 Å². The zero-order chi connectivity index (χ0) is 14.4. The summed E-state index contributed by atoms with van der Waals surface area (Å²) in [6.07, 6.45) is 2.82. The molecular formula is C15H17N3OS. The molecule has 0 spiro atoms. The number of nitrogens with one attached hydrogen (secondary N) is 1. The molecule has 1 heterocycles. The minimum atomic E-state index is 0.261. The van der Waals surface area contributed by atoms with E-state index in [1.807, 2.05) is 23.7 Å². The Labute approximate surface area is 123 Å². The molecule has 1 aromatic carbocycles. The molecule has 4 nitrogen and oxygen atoms in total. The molecule has 0 saturated carbocycles. The predicted octanol–water partition coefficient (Wildman–Crippen LogP) is 3.26. The first-order chi connectivity index (χ1) is 9.78. The van der Waals surface area contributed by atoms with Crippen molar-refractivity contribution in [3.05, 3.63) is 45.9 Å². The van der Waals surface area contributed by atoms with Gasteiger partial charge >= 0.3 is 0 Å². The topological polar surface area (TPSA) is 57.9 Å². The van der Waals surface area contributed by atoms with Crippen molar-refractivity contribution in [2.45, 2.75) is 25.9 Å². The van der Waals surface area contributed by atoms with E-state index < -0.39 is 0 Å². The lowest BCUT2D eigenvalue weighted by Gasteiger charge is -2.15. The standard InChI is InChI=1S/C15H17N3OS/c1-3-13(15-17-6-7-20-15)18-10-11-4-5-12(9-16)14(8-11)19-2/h4-8,13,18H,3,10H2,1-2H3. The molecule has 1 atom stereocenters. The number of ether oxygens (including phenoxy) is 1. The first-order valence-corrected chi connectivity index (χ1v) is 7.36. The number of thiazole rings is 1. The third-order valence-corrected chi connectivity index (χ3v) is 3.99. The van der Waals surface area contributed by atoms with Gasteiger partial charge in [-0.15, -0.1) is 11.3 Å². The lowest BCUT2D eigenvalue weighted by molar-refractivity contribution is 0.412. The number of hydrogen-bond acceptors (Lipinski definition) is 5. The SMILES string of the molecule is CCC(NCc1ccc(C#N)c(OC)c1)c1nccs1. The Kier molecular flexibility index (Phi) is 5.10. The largest absolute Gasteiger partial charge is 0.495 e. The van der Waals surface area contributed by atoms with Crippen LogP contribution in [0.1, 0.15) is 35.5 Å². The van der Waals surface area contributed by atoms with Gasteiger partial charge in [-0.1, -0.05) is 13.0 Å². The Bertz CT molecular complexity index is 590. The Morgan fingerprint density at radius 1 is 1.50 bits per heavy atom. The number of nitriles is 1. The van der Waals surface area contributed by atoms with Crippen molar-refractivity contribution >= 4 is 11.3 Å². The lowest BCUT2D eigenvalue weighted by Crippen LogP contribution is -2.20. The van der Waals surface area contributed by atoms with Gasteiger partial charge in [0.25, 0.3) is 0 Å². The summed E-state index contributed by atoms with van der Waals surface area (Å²) in [5.41, 5.74) is 1.65. The van der Waals surface area contributed by atoms with Gasteiger partial charge in [0.15, 0.2) is 0 Å². The lowest BCUT2D eigenvalue weighted by atomic mass is 10.1. The summed E-state index contributed by atoms with van der Waals surface area (Å²) in [6, 6.07) is 8.02. The molecule has 0 aliphatic rings. The molecule has 0 bridgehead atoms. The molecule has 20 heavy (non-hydrogen) atoms. The molecule has 2 aromatic rings. The van der Waals surface area contributed by atoms with E-state index in [-0.39, 0.29) is 6.04 Å². The van der Waals surface area contributed by atoms with E-state index in [0.29, 0.717) is 11.3 Å². The number of hydrogen-bond donors (Lipinski definition) is 1. The second-order valence-electron chi connectivity index (χ2n) is 4.36. The minimum absolute atomic E-state index is 0.261. The zero-order valence-corrected chi connectivity index (χ0v) is 12.4. The molecule has 1 N–H and O–H groups in total. The van der Waals surface area contributed by atoms with Gasteiger partial charge in [-0.2, -0.15) is 5.26 Å². The van der Waals surface area contributed by atoms with Crippen LogP contribution in [0.15, 0.2) is 29.8 Å². The molecule has 0 fully saturated rings. The van der Waals surface area contributed by atoms with Crippen LogP contribution in [-0.2, 0) is 6.54 Å². The smallest absolute Gasteiger partial charge is 0.136 e. The third kappa shape index (κ3) is 3.35. The van der Waals surface area contributed by atoms with Gasteiger partial charge in [-0.25, -0.2) is 4.98 Å². The normalized spacial score (nSPS) is 11.8. The molecule has 0 aliphatic heterocycles. The molecule has 0 saturated heterocycles. The minimum Gasteiger partial charge on any atom is -0.495 e.